The lowest BCUT2D eigenvalue weighted by Gasteiger charge is -2.06. The van der Waals surface area contributed by atoms with Crippen molar-refractivity contribution in [3.05, 3.63) is 53.9 Å². The standard InChI is InChI=1S/C16H18N6O/c1-12-10-14(22-23-12)19-15-11-18-21-16(20-15)17-9-5-8-13-6-3-2-4-7-13/h2-4,6-7,10-11H,5,8-9H2,1H3,(H2,17,19,20,21,22). The minimum absolute atomic E-state index is 0.489. The second-order valence-electron chi connectivity index (χ2n) is 5.13. The first kappa shape index (κ1) is 15.0. The first-order chi connectivity index (χ1) is 11.3. The highest BCUT2D eigenvalue weighted by atomic mass is 16.5. The van der Waals surface area contributed by atoms with Crippen molar-refractivity contribution in [2.24, 2.45) is 0 Å². The van der Waals surface area contributed by atoms with Crippen LogP contribution >= 0.6 is 0 Å². The smallest absolute Gasteiger partial charge is 0.244 e. The minimum Gasteiger partial charge on any atom is -0.360 e. The normalized spacial score (nSPS) is 10.5. The van der Waals surface area contributed by atoms with Crippen LogP contribution in [-0.4, -0.2) is 26.9 Å². The van der Waals surface area contributed by atoms with Gasteiger partial charge in [0.1, 0.15) is 5.76 Å². The monoisotopic (exact) mass is 310 g/mol. The van der Waals surface area contributed by atoms with E-state index in [4.69, 9.17) is 4.52 Å². The van der Waals surface area contributed by atoms with Crippen LogP contribution in [0.3, 0.4) is 0 Å². The van der Waals surface area contributed by atoms with Gasteiger partial charge in [-0.2, -0.15) is 10.1 Å². The van der Waals surface area contributed by atoms with E-state index >= 15 is 0 Å². The van der Waals surface area contributed by atoms with Gasteiger partial charge in [0.05, 0.1) is 6.20 Å². The number of aryl methyl sites for hydroxylation is 2. The highest BCUT2D eigenvalue weighted by Crippen LogP contribution is 2.13. The number of nitrogens with zero attached hydrogens (tertiary/aromatic N) is 4. The van der Waals surface area contributed by atoms with Crippen molar-refractivity contribution in [2.75, 3.05) is 17.2 Å². The molecule has 3 aromatic rings. The van der Waals surface area contributed by atoms with Crippen LogP contribution in [0.25, 0.3) is 0 Å². The molecule has 23 heavy (non-hydrogen) atoms. The van der Waals surface area contributed by atoms with E-state index in [1.807, 2.05) is 13.0 Å². The maximum Gasteiger partial charge on any atom is 0.244 e. The van der Waals surface area contributed by atoms with E-state index in [1.165, 1.54) is 5.56 Å². The van der Waals surface area contributed by atoms with Gasteiger partial charge in [-0.05, 0) is 25.3 Å². The Kier molecular flexibility index (Phi) is 4.78. The molecule has 0 amide bonds. The summed E-state index contributed by atoms with van der Waals surface area (Å²) in [5.41, 5.74) is 1.32. The van der Waals surface area contributed by atoms with Crippen molar-refractivity contribution in [3.8, 4) is 0 Å². The Bertz CT molecular complexity index is 743. The summed E-state index contributed by atoms with van der Waals surface area (Å²) in [6, 6.07) is 12.2. The number of anilines is 3. The van der Waals surface area contributed by atoms with Crippen molar-refractivity contribution in [1.29, 1.82) is 0 Å². The number of hydrogen-bond donors (Lipinski definition) is 2. The van der Waals surface area contributed by atoms with Crippen LogP contribution in [0.1, 0.15) is 17.7 Å². The molecule has 0 spiro atoms. The van der Waals surface area contributed by atoms with Crippen molar-refractivity contribution in [1.82, 2.24) is 20.3 Å². The van der Waals surface area contributed by atoms with Gasteiger partial charge in [0, 0.05) is 12.6 Å². The minimum atomic E-state index is 0.489. The molecule has 7 nitrogen and oxygen atoms in total. The van der Waals surface area contributed by atoms with E-state index in [2.05, 4.69) is 55.2 Å². The summed E-state index contributed by atoms with van der Waals surface area (Å²) in [5, 5.41) is 18.0. The summed E-state index contributed by atoms with van der Waals surface area (Å²) >= 11 is 0. The van der Waals surface area contributed by atoms with Crippen LogP contribution < -0.4 is 10.6 Å². The molecule has 0 saturated heterocycles. The zero-order chi connectivity index (χ0) is 15.9. The fraction of sp³-hybridized carbons (Fsp3) is 0.250. The Hall–Kier alpha value is -2.96. The molecule has 3 rings (SSSR count). The molecule has 1 aromatic carbocycles. The molecule has 0 bridgehead atoms. The lowest BCUT2D eigenvalue weighted by Crippen LogP contribution is -2.08. The second-order valence-corrected chi connectivity index (χ2v) is 5.13. The van der Waals surface area contributed by atoms with Gasteiger partial charge in [0.15, 0.2) is 11.6 Å². The molecular formula is C16H18N6O. The third-order valence-corrected chi connectivity index (χ3v) is 3.21. The lowest BCUT2D eigenvalue weighted by atomic mass is 10.1. The van der Waals surface area contributed by atoms with Crippen LogP contribution in [0.4, 0.5) is 17.6 Å². The van der Waals surface area contributed by atoms with Gasteiger partial charge in [-0.3, -0.25) is 0 Å². The predicted octanol–water partition coefficient (Wildman–Crippen LogP) is 2.96. The zero-order valence-corrected chi connectivity index (χ0v) is 12.9. The summed E-state index contributed by atoms with van der Waals surface area (Å²) in [5.74, 6) is 2.38. The Labute approximate surface area is 134 Å². The highest BCUT2D eigenvalue weighted by molar-refractivity contribution is 5.51. The average molecular weight is 310 g/mol. The Morgan fingerprint density at radius 2 is 2.00 bits per heavy atom. The molecule has 7 heteroatoms. The molecule has 0 aliphatic carbocycles. The molecule has 0 atom stereocenters. The molecular weight excluding hydrogens is 292 g/mol. The Balaban J connectivity index is 1.49. The highest BCUT2D eigenvalue weighted by Gasteiger charge is 2.04. The van der Waals surface area contributed by atoms with Gasteiger partial charge >= 0.3 is 0 Å². The van der Waals surface area contributed by atoms with E-state index < -0.39 is 0 Å². The lowest BCUT2D eigenvalue weighted by molar-refractivity contribution is 0.400. The van der Waals surface area contributed by atoms with Gasteiger partial charge in [-0.1, -0.05) is 35.5 Å². The van der Waals surface area contributed by atoms with Crippen molar-refractivity contribution in [3.63, 3.8) is 0 Å². The molecule has 0 aliphatic rings. The number of rotatable bonds is 7. The quantitative estimate of drug-likeness (QED) is 0.648. The number of benzene rings is 1. The number of nitrogens with one attached hydrogen (secondary N) is 2. The Morgan fingerprint density at radius 3 is 2.78 bits per heavy atom. The van der Waals surface area contributed by atoms with E-state index in [9.17, 15) is 0 Å². The molecule has 0 radical (unpaired) electrons. The molecule has 0 unspecified atom stereocenters. The summed E-state index contributed by atoms with van der Waals surface area (Å²) in [4.78, 5) is 4.34. The summed E-state index contributed by atoms with van der Waals surface area (Å²) in [7, 11) is 0. The molecule has 2 aromatic heterocycles. The van der Waals surface area contributed by atoms with Crippen molar-refractivity contribution >= 4 is 17.6 Å². The van der Waals surface area contributed by atoms with Crippen LogP contribution in [-0.2, 0) is 6.42 Å². The number of hydrogen-bond acceptors (Lipinski definition) is 7. The zero-order valence-electron chi connectivity index (χ0n) is 12.9. The number of aromatic nitrogens is 4. The second kappa shape index (κ2) is 7.35. The molecule has 0 aliphatic heterocycles. The Morgan fingerprint density at radius 1 is 1.13 bits per heavy atom. The maximum atomic E-state index is 5.00. The van der Waals surface area contributed by atoms with Crippen LogP contribution in [0.15, 0.2) is 47.1 Å². The van der Waals surface area contributed by atoms with Gasteiger partial charge in [0.25, 0.3) is 0 Å². The predicted molar refractivity (Wildman–Crippen MR) is 87.6 cm³/mol. The van der Waals surface area contributed by atoms with E-state index in [-0.39, 0.29) is 0 Å². The topological polar surface area (TPSA) is 88.8 Å². The third kappa shape index (κ3) is 4.50. The fourth-order valence-corrected chi connectivity index (χ4v) is 2.13. The van der Waals surface area contributed by atoms with Gasteiger partial charge in [-0.15, -0.1) is 5.10 Å². The van der Waals surface area contributed by atoms with E-state index in [0.717, 1.165) is 25.1 Å². The van der Waals surface area contributed by atoms with Crippen LogP contribution in [0, 0.1) is 6.92 Å². The van der Waals surface area contributed by atoms with Gasteiger partial charge < -0.3 is 15.2 Å². The molecule has 0 fully saturated rings. The summed E-state index contributed by atoms with van der Waals surface area (Å²) in [6.07, 6.45) is 3.55. The summed E-state index contributed by atoms with van der Waals surface area (Å²) in [6.45, 7) is 2.61. The third-order valence-electron chi connectivity index (χ3n) is 3.21. The van der Waals surface area contributed by atoms with E-state index in [0.29, 0.717) is 17.6 Å². The average Bonchev–Trinajstić information content (AvgIpc) is 2.98. The van der Waals surface area contributed by atoms with Crippen molar-refractivity contribution in [2.45, 2.75) is 19.8 Å². The fourth-order valence-electron chi connectivity index (χ4n) is 2.13. The van der Waals surface area contributed by atoms with Crippen LogP contribution in [0.2, 0.25) is 0 Å². The van der Waals surface area contributed by atoms with Gasteiger partial charge in [-0.25, -0.2) is 0 Å². The SMILES string of the molecule is Cc1cc(Nc2cnnc(NCCCc3ccccc3)n2)no1. The first-order valence-electron chi connectivity index (χ1n) is 7.47. The molecule has 0 saturated carbocycles. The van der Waals surface area contributed by atoms with Gasteiger partial charge in [0.2, 0.25) is 5.95 Å². The van der Waals surface area contributed by atoms with Crippen molar-refractivity contribution < 1.29 is 4.52 Å². The molecule has 2 heterocycles. The van der Waals surface area contributed by atoms with E-state index in [1.54, 1.807) is 12.3 Å². The van der Waals surface area contributed by atoms with Crippen LogP contribution in [0.5, 0.6) is 0 Å². The first-order valence-corrected chi connectivity index (χ1v) is 7.47. The largest absolute Gasteiger partial charge is 0.360 e. The summed E-state index contributed by atoms with van der Waals surface area (Å²) < 4.78 is 5.00. The molecule has 118 valence electrons. The molecule has 2 N–H and O–H groups in total. The maximum absolute atomic E-state index is 5.00.